The largest absolute Gasteiger partial charge is 0.375 e. The SMILES string of the molecule is CCCC(C)C(=O)CCOCC(F)F. The van der Waals surface area contributed by atoms with E-state index in [0.29, 0.717) is 0 Å². The highest BCUT2D eigenvalue weighted by atomic mass is 19.3. The monoisotopic (exact) mass is 208 g/mol. The molecule has 84 valence electrons. The minimum absolute atomic E-state index is 0.0233. The van der Waals surface area contributed by atoms with Gasteiger partial charge < -0.3 is 4.74 Å². The molecule has 0 aromatic heterocycles. The fraction of sp³-hybridized carbons (Fsp3) is 0.900. The minimum Gasteiger partial charge on any atom is -0.375 e. The lowest BCUT2D eigenvalue weighted by Gasteiger charge is -2.08. The third kappa shape index (κ3) is 6.95. The quantitative estimate of drug-likeness (QED) is 0.573. The van der Waals surface area contributed by atoms with Gasteiger partial charge in [-0.15, -0.1) is 0 Å². The van der Waals surface area contributed by atoms with Crippen LogP contribution in [-0.2, 0) is 9.53 Å². The highest BCUT2D eigenvalue weighted by molar-refractivity contribution is 5.80. The van der Waals surface area contributed by atoms with Gasteiger partial charge in [0.05, 0.1) is 6.61 Å². The summed E-state index contributed by atoms with van der Waals surface area (Å²) in [6.45, 7) is 3.41. The topological polar surface area (TPSA) is 26.3 Å². The summed E-state index contributed by atoms with van der Waals surface area (Å²) in [5, 5.41) is 0. The molecule has 1 atom stereocenters. The van der Waals surface area contributed by atoms with Crippen LogP contribution >= 0.6 is 0 Å². The molecule has 0 aromatic rings. The summed E-state index contributed by atoms with van der Waals surface area (Å²) in [6, 6.07) is 0. The Labute approximate surface area is 83.6 Å². The van der Waals surface area contributed by atoms with Crippen LogP contribution in [0.15, 0.2) is 0 Å². The van der Waals surface area contributed by atoms with Crippen LogP contribution in [-0.4, -0.2) is 25.4 Å². The number of alkyl halides is 2. The van der Waals surface area contributed by atoms with E-state index in [4.69, 9.17) is 0 Å². The van der Waals surface area contributed by atoms with Crippen LogP contribution in [0.4, 0.5) is 8.78 Å². The number of halogens is 2. The van der Waals surface area contributed by atoms with E-state index in [-0.39, 0.29) is 24.7 Å². The Hall–Kier alpha value is -0.510. The maximum atomic E-state index is 11.6. The smallest absolute Gasteiger partial charge is 0.261 e. The van der Waals surface area contributed by atoms with Gasteiger partial charge in [0, 0.05) is 12.3 Å². The summed E-state index contributed by atoms with van der Waals surface area (Å²) >= 11 is 0. The highest BCUT2D eigenvalue weighted by Crippen LogP contribution is 2.08. The standard InChI is InChI=1S/C10H18F2O2/c1-3-4-8(2)9(13)5-6-14-7-10(11)12/h8,10H,3-7H2,1-2H3. The second-order valence-electron chi connectivity index (χ2n) is 3.37. The van der Waals surface area contributed by atoms with Crippen LogP contribution in [0.3, 0.4) is 0 Å². The van der Waals surface area contributed by atoms with Crippen molar-refractivity contribution >= 4 is 5.78 Å². The first kappa shape index (κ1) is 13.5. The van der Waals surface area contributed by atoms with Gasteiger partial charge in [0.1, 0.15) is 12.4 Å². The van der Waals surface area contributed by atoms with Gasteiger partial charge in [-0.3, -0.25) is 4.79 Å². The Morgan fingerprint density at radius 1 is 1.43 bits per heavy atom. The van der Waals surface area contributed by atoms with E-state index in [0.717, 1.165) is 12.8 Å². The van der Waals surface area contributed by atoms with E-state index in [1.807, 2.05) is 13.8 Å². The summed E-state index contributed by atoms with van der Waals surface area (Å²) in [7, 11) is 0. The predicted molar refractivity (Wildman–Crippen MR) is 50.5 cm³/mol. The van der Waals surface area contributed by atoms with Crippen molar-refractivity contribution in [2.24, 2.45) is 5.92 Å². The number of carbonyl (C=O) groups is 1. The number of rotatable bonds is 8. The zero-order valence-corrected chi connectivity index (χ0v) is 8.76. The second kappa shape index (κ2) is 7.85. The minimum atomic E-state index is -2.45. The van der Waals surface area contributed by atoms with Gasteiger partial charge in [-0.25, -0.2) is 8.78 Å². The second-order valence-corrected chi connectivity index (χ2v) is 3.37. The lowest BCUT2D eigenvalue weighted by Crippen LogP contribution is -2.14. The molecule has 0 aliphatic heterocycles. The molecule has 4 heteroatoms. The van der Waals surface area contributed by atoms with Gasteiger partial charge >= 0.3 is 0 Å². The Morgan fingerprint density at radius 2 is 2.07 bits per heavy atom. The van der Waals surface area contributed by atoms with E-state index < -0.39 is 13.0 Å². The molecule has 0 saturated heterocycles. The molecular weight excluding hydrogens is 190 g/mol. The summed E-state index contributed by atoms with van der Waals surface area (Å²) < 4.78 is 27.9. The third-order valence-electron chi connectivity index (χ3n) is 2.01. The van der Waals surface area contributed by atoms with Crippen LogP contribution in [0.25, 0.3) is 0 Å². The average Bonchev–Trinajstić information content (AvgIpc) is 2.12. The zero-order chi connectivity index (χ0) is 11.0. The van der Waals surface area contributed by atoms with Gasteiger partial charge in [0.25, 0.3) is 6.43 Å². The van der Waals surface area contributed by atoms with Crippen molar-refractivity contribution < 1.29 is 18.3 Å². The Kier molecular flexibility index (Phi) is 7.57. The van der Waals surface area contributed by atoms with Gasteiger partial charge in [0.2, 0.25) is 0 Å². The predicted octanol–water partition coefficient (Wildman–Crippen LogP) is 2.66. The van der Waals surface area contributed by atoms with E-state index in [1.54, 1.807) is 0 Å². The Balaban J connectivity index is 3.44. The van der Waals surface area contributed by atoms with Crippen molar-refractivity contribution in [1.29, 1.82) is 0 Å². The van der Waals surface area contributed by atoms with Gasteiger partial charge in [0.15, 0.2) is 0 Å². The van der Waals surface area contributed by atoms with Crippen molar-refractivity contribution in [2.75, 3.05) is 13.2 Å². The number of ether oxygens (including phenoxy) is 1. The fourth-order valence-electron chi connectivity index (χ4n) is 1.19. The number of hydrogen-bond donors (Lipinski definition) is 0. The number of Topliss-reactive ketones (excluding diaryl/α,β-unsaturated/α-hetero) is 1. The number of ketones is 1. The first-order chi connectivity index (χ1) is 6.57. The van der Waals surface area contributed by atoms with Crippen molar-refractivity contribution in [2.45, 2.75) is 39.5 Å². The normalized spacial score (nSPS) is 13.2. The number of hydrogen-bond acceptors (Lipinski definition) is 2. The molecule has 0 aromatic carbocycles. The van der Waals surface area contributed by atoms with Crippen molar-refractivity contribution in [3.63, 3.8) is 0 Å². The Morgan fingerprint density at radius 3 is 2.57 bits per heavy atom. The molecule has 0 N–H and O–H groups in total. The highest BCUT2D eigenvalue weighted by Gasteiger charge is 2.11. The van der Waals surface area contributed by atoms with E-state index in [1.165, 1.54) is 0 Å². The lowest BCUT2D eigenvalue weighted by atomic mass is 9.99. The summed E-state index contributed by atoms with van der Waals surface area (Å²) in [6.07, 6.45) is -0.384. The maximum Gasteiger partial charge on any atom is 0.261 e. The summed E-state index contributed by atoms with van der Waals surface area (Å²) in [4.78, 5) is 11.3. The van der Waals surface area contributed by atoms with Crippen LogP contribution in [0.1, 0.15) is 33.1 Å². The fourth-order valence-corrected chi connectivity index (χ4v) is 1.19. The summed E-state index contributed by atoms with van der Waals surface area (Å²) in [5.41, 5.74) is 0. The lowest BCUT2D eigenvalue weighted by molar-refractivity contribution is -0.124. The van der Waals surface area contributed by atoms with Gasteiger partial charge in [-0.1, -0.05) is 20.3 Å². The first-order valence-electron chi connectivity index (χ1n) is 4.96. The molecule has 0 aliphatic rings. The van der Waals surface area contributed by atoms with E-state index in [2.05, 4.69) is 4.74 Å². The third-order valence-corrected chi connectivity index (χ3v) is 2.01. The molecule has 0 spiro atoms. The molecule has 0 radical (unpaired) electrons. The van der Waals surface area contributed by atoms with Crippen LogP contribution < -0.4 is 0 Å². The average molecular weight is 208 g/mol. The Bertz CT molecular complexity index is 160. The summed E-state index contributed by atoms with van der Waals surface area (Å²) in [5.74, 6) is 0.122. The van der Waals surface area contributed by atoms with E-state index >= 15 is 0 Å². The van der Waals surface area contributed by atoms with Gasteiger partial charge in [-0.2, -0.15) is 0 Å². The molecule has 2 nitrogen and oxygen atoms in total. The van der Waals surface area contributed by atoms with Crippen molar-refractivity contribution in [3.8, 4) is 0 Å². The van der Waals surface area contributed by atoms with Gasteiger partial charge in [-0.05, 0) is 6.42 Å². The van der Waals surface area contributed by atoms with Crippen LogP contribution in [0, 0.1) is 5.92 Å². The molecule has 0 aliphatic carbocycles. The molecule has 0 amide bonds. The van der Waals surface area contributed by atoms with Crippen LogP contribution in [0.2, 0.25) is 0 Å². The zero-order valence-electron chi connectivity index (χ0n) is 8.76. The molecule has 0 bridgehead atoms. The van der Waals surface area contributed by atoms with E-state index in [9.17, 15) is 13.6 Å². The first-order valence-corrected chi connectivity index (χ1v) is 4.96. The van der Waals surface area contributed by atoms with Crippen LogP contribution in [0.5, 0.6) is 0 Å². The molecule has 0 fully saturated rings. The molecule has 0 heterocycles. The maximum absolute atomic E-state index is 11.6. The number of carbonyl (C=O) groups excluding carboxylic acids is 1. The molecule has 0 rings (SSSR count). The molecular formula is C10H18F2O2. The van der Waals surface area contributed by atoms with Crippen molar-refractivity contribution in [3.05, 3.63) is 0 Å². The molecule has 14 heavy (non-hydrogen) atoms. The molecule has 0 saturated carbocycles. The van der Waals surface area contributed by atoms with Crippen molar-refractivity contribution in [1.82, 2.24) is 0 Å². The molecule has 1 unspecified atom stereocenters.